The first-order valence-electron chi connectivity index (χ1n) is 11.6. The van der Waals surface area contributed by atoms with Gasteiger partial charge < -0.3 is 14.6 Å². The molecule has 4 nitrogen and oxygen atoms in total. The summed E-state index contributed by atoms with van der Waals surface area (Å²) in [6.45, 7) is 5.50. The van der Waals surface area contributed by atoms with Crippen molar-refractivity contribution in [3.63, 3.8) is 0 Å². The Labute approximate surface area is 197 Å². The Morgan fingerprint density at radius 3 is 2.47 bits per heavy atom. The van der Waals surface area contributed by atoms with Crippen LogP contribution in [-0.4, -0.2) is 23.3 Å². The Kier molecular flexibility index (Phi) is 6.51. The first-order valence-corrected chi connectivity index (χ1v) is 11.6. The second kappa shape index (κ2) is 9.10. The lowest BCUT2D eigenvalue weighted by Gasteiger charge is -2.30. The highest BCUT2D eigenvalue weighted by Gasteiger charge is 2.41. The predicted molar refractivity (Wildman–Crippen MR) is 124 cm³/mol. The van der Waals surface area contributed by atoms with Crippen LogP contribution in [0.1, 0.15) is 74.8 Å². The number of benzene rings is 2. The van der Waals surface area contributed by atoms with E-state index in [1.165, 1.54) is 6.07 Å². The fraction of sp³-hybridized carbons (Fsp3) is 0.444. The molecule has 182 valence electrons. The maximum Gasteiger partial charge on any atom is 0.416 e. The third kappa shape index (κ3) is 4.99. The number of allylic oxidation sites excluding steroid dienone is 2. The molecule has 1 atom stereocenters. The van der Waals surface area contributed by atoms with Gasteiger partial charge in [0.05, 0.1) is 17.8 Å². The summed E-state index contributed by atoms with van der Waals surface area (Å²) in [4.78, 5) is 12.4. The Balaban J connectivity index is 2.06. The lowest BCUT2D eigenvalue weighted by atomic mass is 9.83. The van der Waals surface area contributed by atoms with Gasteiger partial charge in [0.2, 0.25) is 0 Å². The number of aryl methyl sites for hydroxylation is 1. The van der Waals surface area contributed by atoms with E-state index in [1.54, 1.807) is 32.9 Å². The minimum Gasteiger partial charge on any atom is -0.493 e. The standard InChI is InChI=1S/C27H29F3O4/c1-26(2,3)34-24(25(31)32)23-20(27(28,29)30)12-11-19(16-7-4-5-8-16)22(23)18-10-13-21-17(15-18)9-6-14-33-21/h7,10-13,15,24H,4-6,8-9,14H2,1-3H3,(H,31,32). The minimum atomic E-state index is -4.75. The second-order valence-electron chi connectivity index (χ2n) is 9.79. The van der Waals surface area contributed by atoms with E-state index in [9.17, 15) is 23.1 Å². The van der Waals surface area contributed by atoms with Gasteiger partial charge in [-0.25, -0.2) is 4.79 Å². The van der Waals surface area contributed by atoms with E-state index >= 15 is 0 Å². The number of alkyl halides is 3. The summed E-state index contributed by atoms with van der Waals surface area (Å²) >= 11 is 0. The molecule has 0 fully saturated rings. The SMILES string of the molecule is CC(C)(C)OC(C(=O)O)c1c(C(F)(F)F)ccc(C2=CCCC2)c1-c1ccc2c(c1)CCCO2. The van der Waals surface area contributed by atoms with Crippen LogP contribution < -0.4 is 4.74 Å². The number of carboxylic acid groups (broad SMARTS) is 1. The lowest BCUT2D eigenvalue weighted by Crippen LogP contribution is -2.29. The van der Waals surface area contributed by atoms with Gasteiger partial charge in [-0.05, 0) is 98.9 Å². The molecule has 34 heavy (non-hydrogen) atoms. The number of halogens is 3. The van der Waals surface area contributed by atoms with Crippen LogP contribution in [0, 0.1) is 0 Å². The fourth-order valence-corrected chi connectivity index (χ4v) is 4.74. The van der Waals surface area contributed by atoms with Crippen molar-refractivity contribution < 1.29 is 32.5 Å². The molecule has 0 spiro atoms. The summed E-state index contributed by atoms with van der Waals surface area (Å²) in [5.74, 6) is -0.744. The molecular formula is C27H29F3O4. The van der Waals surface area contributed by atoms with Crippen LogP contribution in [0.2, 0.25) is 0 Å². The molecule has 1 aliphatic carbocycles. The van der Waals surface area contributed by atoms with Gasteiger partial charge in [0, 0.05) is 5.56 Å². The molecule has 0 radical (unpaired) electrons. The number of aliphatic carboxylic acids is 1. The maximum atomic E-state index is 14.3. The van der Waals surface area contributed by atoms with Gasteiger partial charge in [-0.1, -0.05) is 18.2 Å². The van der Waals surface area contributed by atoms with Crippen molar-refractivity contribution in [2.45, 2.75) is 70.8 Å². The van der Waals surface area contributed by atoms with Crippen molar-refractivity contribution in [3.8, 4) is 16.9 Å². The number of ether oxygens (including phenoxy) is 2. The fourth-order valence-electron chi connectivity index (χ4n) is 4.74. The van der Waals surface area contributed by atoms with Gasteiger partial charge in [-0.15, -0.1) is 0 Å². The largest absolute Gasteiger partial charge is 0.493 e. The first-order chi connectivity index (χ1) is 16.0. The van der Waals surface area contributed by atoms with Crippen molar-refractivity contribution in [2.24, 2.45) is 0 Å². The van der Waals surface area contributed by atoms with Gasteiger partial charge in [0.1, 0.15) is 5.75 Å². The number of hydrogen-bond donors (Lipinski definition) is 1. The molecule has 0 amide bonds. The van der Waals surface area contributed by atoms with E-state index in [0.29, 0.717) is 23.5 Å². The highest BCUT2D eigenvalue weighted by atomic mass is 19.4. The van der Waals surface area contributed by atoms with Crippen LogP contribution in [0.15, 0.2) is 36.4 Å². The third-order valence-corrected chi connectivity index (χ3v) is 6.09. The zero-order chi connectivity index (χ0) is 24.7. The van der Waals surface area contributed by atoms with Gasteiger partial charge in [-0.3, -0.25) is 0 Å². The average Bonchev–Trinajstić information content (AvgIpc) is 3.29. The summed E-state index contributed by atoms with van der Waals surface area (Å²) in [5.41, 5.74) is 0.953. The molecule has 2 aromatic rings. The number of hydrogen-bond acceptors (Lipinski definition) is 3. The van der Waals surface area contributed by atoms with Crippen molar-refractivity contribution in [2.75, 3.05) is 6.61 Å². The number of rotatable bonds is 5. The summed E-state index contributed by atoms with van der Waals surface area (Å²) in [5, 5.41) is 10.1. The highest BCUT2D eigenvalue weighted by Crippen LogP contribution is 2.47. The Hall–Kier alpha value is -2.80. The van der Waals surface area contributed by atoms with Crippen molar-refractivity contribution in [3.05, 3.63) is 58.7 Å². The number of carboxylic acids is 1. The molecule has 4 rings (SSSR count). The van der Waals surface area contributed by atoms with Crippen molar-refractivity contribution in [1.29, 1.82) is 0 Å². The zero-order valence-corrected chi connectivity index (χ0v) is 19.6. The van der Waals surface area contributed by atoms with E-state index in [-0.39, 0.29) is 11.1 Å². The highest BCUT2D eigenvalue weighted by molar-refractivity contribution is 5.89. The monoisotopic (exact) mass is 474 g/mol. The molecule has 0 saturated heterocycles. The molecule has 0 saturated carbocycles. The van der Waals surface area contributed by atoms with Crippen LogP contribution in [0.3, 0.4) is 0 Å². The van der Waals surface area contributed by atoms with Crippen LogP contribution in [-0.2, 0) is 22.1 Å². The smallest absolute Gasteiger partial charge is 0.416 e. The molecule has 0 aromatic heterocycles. The molecule has 1 heterocycles. The average molecular weight is 475 g/mol. The van der Waals surface area contributed by atoms with E-state index in [0.717, 1.165) is 49.3 Å². The summed E-state index contributed by atoms with van der Waals surface area (Å²) in [6, 6.07) is 7.79. The summed E-state index contributed by atoms with van der Waals surface area (Å²) < 4.78 is 54.4. The van der Waals surface area contributed by atoms with Crippen molar-refractivity contribution in [1.82, 2.24) is 0 Å². The van der Waals surface area contributed by atoms with Crippen LogP contribution in [0.25, 0.3) is 16.7 Å². The quantitative estimate of drug-likeness (QED) is 0.498. The van der Waals surface area contributed by atoms with Crippen molar-refractivity contribution >= 4 is 11.5 Å². The first kappa shape index (κ1) is 24.3. The second-order valence-corrected chi connectivity index (χ2v) is 9.79. The zero-order valence-electron chi connectivity index (χ0n) is 19.6. The van der Waals surface area contributed by atoms with E-state index < -0.39 is 29.4 Å². The van der Waals surface area contributed by atoms with Gasteiger partial charge in [0.25, 0.3) is 0 Å². The van der Waals surface area contributed by atoms with E-state index in [2.05, 4.69) is 0 Å². The van der Waals surface area contributed by atoms with Crippen LogP contribution in [0.4, 0.5) is 13.2 Å². The molecule has 2 aliphatic rings. The molecule has 1 unspecified atom stereocenters. The predicted octanol–water partition coefficient (Wildman–Crippen LogP) is 7.21. The van der Waals surface area contributed by atoms with E-state index in [4.69, 9.17) is 9.47 Å². The Bertz CT molecular complexity index is 1130. The van der Waals surface area contributed by atoms with Gasteiger partial charge >= 0.3 is 12.1 Å². The normalized spacial score (nSPS) is 17.1. The maximum absolute atomic E-state index is 14.3. The summed E-state index contributed by atoms with van der Waals surface area (Å²) in [6.07, 6.45) is -0.486. The number of fused-ring (bicyclic) bond motifs is 1. The molecule has 7 heteroatoms. The molecule has 0 bridgehead atoms. The van der Waals surface area contributed by atoms with Gasteiger partial charge in [-0.2, -0.15) is 13.2 Å². The van der Waals surface area contributed by atoms with Crippen LogP contribution >= 0.6 is 0 Å². The van der Waals surface area contributed by atoms with E-state index in [1.807, 2.05) is 12.1 Å². The topological polar surface area (TPSA) is 55.8 Å². The third-order valence-electron chi connectivity index (χ3n) is 6.09. The molecule has 1 aliphatic heterocycles. The molecule has 2 aromatic carbocycles. The minimum absolute atomic E-state index is 0.271. The number of carbonyl (C=O) groups is 1. The lowest BCUT2D eigenvalue weighted by molar-refractivity contribution is -0.163. The van der Waals surface area contributed by atoms with Crippen LogP contribution in [0.5, 0.6) is 5.75 Å². The Morgan fingerprint density at radius 1 is 1.09 bits per heavy atom. The molecular weight excluding hydrogens is 445 g/mol. The Morgan fingerprint density at radius 2 is 1.85 bits per heavy atom. The molecule has 1 N–H and O–H groups in total. The summed E-state index contributed by atoms with van der Waals surface area (Å²) in [7, 11) is 0. The van der Waals surface area contributed by atoms with Gasteiger partial charge in [0.15, 0.2) is 6.10 Å².